The van der Waals surface area contributed by atoms with Gasteiger partial charge in [0.1, 0.15) is 5.25 Å². The number of nitrogens with two attached hydrogens (primary N) is 1. The minimum absolute atomic E-state index is 0.00656. The summed E-state index contributed by atoms with van der Waals surface area (Å²) in [5.74, 6) is 0.372. The molecular formula is C6H12N2O3S2. The highest BCUT2D eigenvalue weighted by Gasteiger charge is 2.35. The Labute approximate surface area is 82.7 Å². The highest BCUT2D eigenvalue weighted by molar-refractivity contribution is 7.89. The maximum Gasteiger partial charge on any atom is 0.224 e. The van der Waals surface area contributed by atoms with E-state index in [1.807, 2.05) is 0 Å². The number of thiol groups is 1. The second-order valence-electron chi connectivity index (χ2n) is 2.98. The fourth-order valence-corrected chi connectivity index (χ4v) is 2.30. The van der Waals surface area contributed by atoms with Gasteiger partial charge in [0.05, 0.1) is 0 Å². The lowest BCUT2D eigenvalue weighted by Gasteiger charge is -2.13. The van der Waals surface area contributed by atoms with E-state index in [4.69, 9.17) is 5.14 Å². The van der Waals surface area contributed by atoms with E-state index in [9.17, 15) is 13.2 Å². The Kier molecular flexibility index (Phi) is 3.20. The maximum atomic E-state index is 11.2. The van der Waals surface area contributed by atoms with Crippen molar-refractivity contribution in [1.29, 1.82) is 0 Å². The zero-order valence-electron chi connectivity index (χ0n) is 7.01. The summed E-state index contributed by atoms with van der Waals surface area (Å²) in [5, 5.41) is 4.20. The quantitative estimate of drug-likeness (QED) is 0.591. The van der Waals surface area contributed by atoms with Crippen molar-refractivity contribution < 1.29 is 13.2 Å². The number of amides is 1. The third-order valence-corrected chi connectivity index (χ3v) is 3.46. The SMILES string of the molecule is NS(=O)(=O)C1CC(=O)N(CCS)C1. The number of carbonyl (C=O) groups is 1. The predicted molar refractivity (Wildman–Crippen MR) is 51.9 cm³/mol. The number of nitrogens with zero attached hydrogens (tertiary/aromatic N) is 1. The zero-order chi connectivity index (χ0) is 10.1. The molecule has 1 amide bonds. The van der Waals surface area contributed by atoms with Crippen LogP contribution in [0.5, 0.6) is 0 Å². The van der Waals surface area contributed by atoms with Gasteiger partial charge in [-0.25, -0.2) is 13.6 Å². The van der Waals surface area contributed by atoms with Crippen molar-refractivity contribution in [2.24, 2.45) is 5.14 Å². The maximum absolute atomic E-state index is 11.2. The Morgan fingerprint density at radius 2 is 2.23 bits per heavy atom. The summed E-state index contributed by atoms with van der Waals surface area (Å²) in [5.41, 5.74) is 0. The van der Waals surface area contributed by atoms with E-state index in [1.165, 1.54) is 4.90 Å². The molecule has 1 atom stereocenters. The van der Waals surface area contributed by atoms with E-state index in [-0.39, 0.29) is 18.9 Å². The van der Waals surface area contributed by atoms with Crippen LogP contribution in [-0.2, 0) is 14.8 Å². The lowest BCUT2D eigenvalue weighted by Crippen LogP contribution is -2.32. The third kappa shape index (κ3) is 2.58. The van der Waals surface area contributed by atoms with Crippen LogP contribution in [0.1, 0.15) is 6.42 Å². The topological polar surface area (TPSA) is 80.5 Å². The van der Waals surface area contributed by atoms with Crippen LogP contribution >= 0.6 is 12.6 Å². The van der Waals surface area contributed by atoms with Crippen molar-refractivity contribution in [3.63, 3.8) is 0 Å². The van der Waals surface area contributed by atoms with Gasteiger partial charge in [-0.15, -0.1) is 0 Å². The molecule has 76 valence electrons. The van der Waals surface area contributed by atoms with Gasteiger partial charge in [0.2, 0.25) is 15.9 Å². The monoisotopic (exact) mass is 224 g/mol. The number of rotatable bonds is 3. The number of sulfonamides is 1. The summed E-state index contributed by atoms with van der Waals surface area (Å²) in [6, 6.07) is 0. The number of hydrogen-bond acceptors (Lipinski definition) is 4. The molecule has 0 saturated carbocycles. The van der Waals surface area contributed by atoms with E-state index >= 15 is 0 Å². The van der Waals surface area contributed by atoms with Crippen molar-refractivity contribution in [3.05, 3.63) is 0 Å². The fraction of sp³-hybridized carbons (Fsp3) is 0.833. The Morgan fingerprint density at radius 3 is 2.62 bits per heavy atom. The smallest absolute Gasteiger partial charge is 0.224 e. The van der Waals surface area contributed by atoms with Crippen LogP contribution in [0.25, 0.3) is 0 Å². The second-order valence-corrected chi connectivity index (χ2v) is 5.27. The summed E-state index contributed by atoms with van der Waals surface area (Å²) in [4.78, 5) is 12.7. The standard InChI is InChI=1S/C6H12N2O3S2/c7-13(10,11)5-3-6(9)8(4-5)1-2-12/h5,12H,1-4H2,(H2,7,10,11). The van der Waals surface area contributed by atoms with E-state index in [0.29, 0.717) is 12.3 Å². The highest BCUT2D eigenvalue weighted by atomic mass is 32.2. The van der Waals surface area contributed by atoms with Crippen LogP contribution in [0.2, 0.25) is 0 Å². The van der Waals surface area contributed by atoms with Crippen LogP contribution in [-0.4, -0.2) is 43.3 Å². The number of likely N-dealkylation sites (tertiary alicyclic amines) is 1. The molecule has 0 aromatic heterocycles. The van der Waals surface area contributed by atoms with Crippen molar-refractivity contribution in [3.8, 4) is 0 Å². The molecule has 1 saturated heterocycles. The van der Waals surface area contributed by atoms with E-state index in [2.05, 4.69) is 12.6 Å². The molecule has 1 aliphatic rings. The first-order valence-electron chi connectivity index (χ1n) is 3.85. The summed E-state index contributed by atoms with van der Waals surface area (Å²) >= 11 is 3.96. The van der Waals surface area contributed by atoms with Gasteiger partial charge in [-0.2, -0.15) is 12.6 Å². The van der Waals surface area contributed by atoms with Gasteiger partial charge >= 0.3 is 0 Å². The van der Waals surface area contributed by atoms with Gasteiger partial charge in [0.15, 0.2) is 0 Å². The Hall–Kier alpha value is -0.270. The van der Waals surface area contributed by atoms with Crippen LogP contribution in [0.15, 0.2) is 0 Å². The minimum Gasteiger partial charge on any atom is -0.340 e. The minimum atomic E-state index is -3.57. The lowest BCUT2D eigenvalue weighted by molar-refractivity contribution is -0.127. The average Bonchev–Trinajstić information content (AvgIpc) is 2.32. The van der Waals surface area contributed by atoms with Gasteiger partial charge in [0, 0.05) is 25.3 Å². The van der Waals surface area contributed by atoms with Gasteiger partial charge in [-0.1, -0.05) is 0 Å². The summed E-state index contributed by atoms with van der Waals surface area (Å²) in [6.07, 6.45) is 0.00656. The molecule has 5 nitrogen and oxygen atoms in total. The van der Waals surface area contributed by atoms with Gasteiger partial charge < -0.3 is 4.90 Å². The number of carbonyl (C=O) groups excluding carboxylic acids is 1. The molecule has 2 N–H and O–H groups in total. The number of hydrogen-bond donors (Lipinski definition) is 2. The molecule has 0 aromatic carbocycles. The lowest BCUT2D eigenvalue weighted by atomic mass is 10.4. The van der Waals surface area contributed by atoms with E-state index in [0.717, 1.165) is 0 Å². The predicted octanol–water partition coefficient (Wildman–Crippen LogP) is -1.19. The van der Waals surface area contributed by atoms with Crippen LogP contribution in [0, 0.1) is 0 Å². The summed E-state index contributed by atoms with van der Waals surface area (Å²) in [6.45, 7) is 0.687. The van der Waals surface area contributed by atoms with Crippen LogP contribution in [0.4, 0.5) is 0 Å². The Bertz CT molecular complexity index is 301. The fourth-order valence-electron chi connectivity index (χ4n) is 1.29. The van der Waals surface area contributed by atoms with Crippen molar-refractivity contribution in [2.75, 3.05) is 18.8 Å². The summed E-state index contributed by atoms with van der Waals surface area (Å²) in [7, 11) is -3.57. The molecule has 1 unspecified atom stereocenters. The van der Waals surface area contributed by atoms with Crippen molar-refractivity contribution in [2.45, 2.75) is 11.7 Å². The molecular weight excluding hydrogens is 212 g/mol. The molecule has 0 spiro atoms. The van der Waals surface area contributed by atoms with Gasteiger partial charge in [-0.3, -0.25) is 4.79 Å². The van der Waals surface area contributed by atoms with Crippen molar-refractivity contribution in [1.82, 2.24) is 4.90 Å². The molecule has 0 aromatic rings. The third-order valence-electron chi connectivity index (χ3n) is 2.01. The summed E-state index contributed by atoms with van der Waals surface area (Å²) < 4.78 is 21.8. The molecule has 0 radical (unpaired) electrons. The van der Waals surface area contributed by atoms with Gasteiger partial charge in [-0.05, 0) is 0 Å². The largest absolute Gasteiger partial charge is 0.340 e. The molecule has 13 heavy (non-hydrogen) atoms. The molecule has 1 fully saturated rings. The Balaban J connectivity index is 2.66. The first-order chi connectivity index (χ1) is 5.95. The first-order valence-corrected chi connectivity index (χ1v) is 6.09. The van der Waals surface area contributed by atoms with Gasteiger partial charge in [0.25, 0.3) is 0 Å². The average molecular weight is 224 g/mol. The van der Waals surface area contributed by atoms with Crippen molar-refractivity contribution >= 4 is 28.6 Å². The zero-order valence-corrected chi connectivity index (χ0v) is 8.72. The number of primary sulfonamides is 1. The highest BCUT2D eigenvalue weighted by Crippen LogP contribution is 2.15. The second kappa shape index (κ2) is 3.85. The molecule has 1 heterocycles. The molecule has 1 rings (SSSR count). The molecule has 7 heteroatoms. The van der Waals surface area contributed by atoms with E-state index < -0.39 is 15.3 Å². The first kappa shape index (κ1) is 10.8. The van der Waals surface area contributed by atoms with Crippen LogP contribution in [0.3, 0.4) is 0 Å². The normalized spacial score (nSPS) is 24.0. The Morgan fingerprint density at radius 1 is 1.62 bits per heavy atom. The molecule has 0 aliphatic carbocycles. The van der Waals surface area contributed by atoms with E-state index in [1.54, 1.807) is 0 Å². The molecule has 0 bridgehead atoms. The molecule has 1 aliphatic heterocycles. The van der Waals surface area contributed by atoms with Crippen LogP contribution < -0.4 is 5.14 Å².